The first-order valence-corrected chi connectivity index (χ1v) is 6.18. The number of hydrogen-bond acceptors (Lipinski definition) is 5. The minimum absolute atomic E-state index is 0.0450. The van der Waals surface area contributed by atoms with Gasteiger partial charge in [-0.25, -0.2) is 4.98 Å². The van der Waals surface area contributed by atoms with Gasteiger partial charge in [-0.3, -0.25) is 10.5 Å². The van der Waals surface area contributed by atoms with Crippen molar-refractivity contribution in [1.82, 2.24) is 15.2 Å². The van der Waals surface area contributed by atoms with Crippen molar-refractivity contribution in [3.8, 4) is 5.75 Å². The van der Waals surface area contributed by atoms with Crippen molar-refractivity contribution in [3.05, 3.63) is 35.7 Å². The summed E-state index contributed by atoms with van der Waals surface area (Å²) in [5.74, 6) is 1.48. The van der Waals surface area contributed by atoms with Gasteiger partial charge in [0.05, 0.1) is 7.11 Å². The molecular weight excluding hydrogens is 250 g/mol. The molecule has 0 aliphatic carbocycles. The molecule has 0 spiro atoms. The van der Waals surface area contributed by atoms with Crippen LogP contribution in [0.4, 0.5) is 0 Å². The number of nitrogens with zero attached hydrogens (tertiary/aromatic N) is 2. The molecule has 0 fully saturated rings. The maximum Gasteiger partial charge on any atom is 0.183 e. The number of nitrogens with one attached hydrogen (secondary N) is 2. The van der Waals surface area contributed by atoms with E-state index in [1.165, 1.54) is 18.1 Å². The normalized spacial score (nSPS) is 10.3. The summed E-state index contributed by atoms with van der Waals surface area (Å²) < 4.78 is 5.28. The number of hydrogen-bond donors (Lipinski definition) is 3. The Labute approximate surface area is 108 Å². The molecule has 18 heavy (non-hydrogen) atoms. The third-order valence-electron chi connectivity index (χ3n) is 2.35. The first kappa shape index (κ1) is 12.4. The van der Waals surface area contributed by atoms with Gasteiger partial charge in [0.25, 0.3) is 0 Å². The topological polar surface area (TPSA) is 101 Å². The van der Waals surface area contributed by atoms with Crippen molar-refractivity contribution in [2.24, 2.45) is 5.73 Å². The Morgan fingerprint density at radius 2 is 2.39 bits per heavy atom. The van der Waals surface area contributed by atoms with Crippen LogP contribution in [-0.2, 0) is 5.75 Å². The van der Waals surface area contributed by atoms with Crippen LogP contribution < -0.4 is 10.5 Å². The highest BCUT2D eigenvalue weighted by atomic mass is 32.2. The highest BCUT2D eigenvalue weighted by Crippen LogP contribution is 2.26. The number of aromatic amines is 1. The van der Waals surface area contributed by atoms with Crippen LogP contribution in [0.2, 0.25) is 0 Å². The van der Waals surface area contributed by atoms with Gasteiger partial charge >= 0.3 is 0 Å². The predicted octanol–water partition coefficient (Wildman–Crippen LogP) is 1.39. The monoisotopic (exact) mass is 263 g/mol. The third kappa shape index (κ3) is 2.80. The van der Waals surface area contributed by atoms with Gasteiger partial charge in [0, 0.05) is 16.9 Å². The van der Waals surface area contributed by atoms with E-state index < -0.39 is 0 Å². The highest BCUT2D eigenvalue weighted by molar-refractivity contribution is 7.98. The molecule has 0 atom stereocenters. The largest absolute Gasteiger partial charge is 0.496 e. The molecule has 0 unspecified atom stereocenters. The summed E-state index contributed by atoms with van der Waals surface area (Å²) in [4.78, 5) is 4.03. The van der Waals surface area contributed by atoms with E-state index in [1.807, 2.05) is 12.1 Å². The molecule has 0 bridgehead atoms. The Bertz CT molecular complexity index is 540. The molecule has 0 amide bonds. The lowest BCUT2D eigenvalue weighted by Gasteiger charge is -2.09. The van der Waals surface area contributed by atoms with Crippen LogP contribution in [0.15, 0.2) is 29.7 Å². The van der Waals surface area contributed by atoms with E-state index in [0.29, 0.717) is 11.3 Å². The van der Waals surface area contributed by atoms with E-state index in [0.717, 1.165) is 16.5 Å². The number of aromatic nitrogens is 3. The lowest BCUT2D eigenvalue weighted by Crippen LogP contribution is -2.11. The number of ether oxygens (including phenoxy) is 1. The lowest BCUT2D eigenvalue weighted by atomic mass is 10.1. The van der Waals surface area contributed by atoms with Crippen LogP contribution in [0.1, 0.15) is 11.1 Å². The Hall–Kier alpha value is -2.02. The molecule has 0 aliphatic heterocycles. The summed E-state index contributed by atoms with van der Waals surface area (Å²) in [6.07, 6.45) is 1.46. The molecule has 1 aromatic carbocycles. The molecule has 0 saturated heterocycles. The summed E-state index contributed by atoms with van der Waals surface area (Å²) in [5.41, 5.74) is 7.12. The first-order valence-electron chi connectivity index (χ1n) is 5.20. The van der Waals surface area contributed by atoms with Crippen LogP contribution in [0.5, 0.6) is 5.75 Å². The number of benzene rings is 1. The van der Waals surface area contributed by atoms with Crippen molar-refractivity contribution in [2.75, 3.05) is 7.11 Å². The molecule has 6 nitrogen and oxygen atoms in total. The second-order valence-corrected chi connectivity index (χ2v) is 4.48. The third-order valence-corrected chi connectivity index (χ3v) is 3.27. The number of amidine groups is 1. The van der Waals surface area contributed by atoms with E-state index >= 15 is 0 Å². The van der Waals surface area contributed by atoms with Crippen LogP contribution in [0.3, 0.4) is 0 Å². The van der Waals surface area contributed by atoms with Gasteiger partial charge in [0.2, 0.25) is 0 Å². The van der Waals surface area contributed by atoms with Crippen molar-refractivity contribution in [2.45, 2.75) is 10.9 Å². The fourth-order valence-corrected chi connectivity index (χ4v) is 2.23. The zero-order chi connectivity index (χ0) is 13.0. The summed E-state index contributed by atoms with van der Waals surface area (Å²) >= 11 is 1.51. The zero-order valence-corrected chi connectivity index (χ0v) is 10.6. The van der Waals surface area contributed by atoms with Gasteiger partial charge in [0.15, 0.2) is 5.16 Å². The molecule has 2 rings (SSSR count). The van der Waals surface area contributed by atoms with Crippen molar-refractivity contribution in [3.63, 3.8) is 0 Å². The smallest absolute Gasteiger partial charge is 0.183 e. The Morgan fingerprint density at radius 1 is 1.56 bits per heavy atom. The highest BCUT2D eigenvalue weighted by Gasteiger charge is 2.07. The fourth-order valence-electron chi connectivity index (χ4n) is 1.47. The minimum Gasteiger partial charge on any atom is -0.496 e. The molecule has 7 heteroatoms. The number of nitrogens with two attached hydrogens (primary N) is 1. The van der Waals surface area contributed by atoms with E-state index in [-0.39, 0.29) is 5.84 Å². The molecule has 0 saturated carbocycles. The number of H-pyrrole nitrogens is 1. The summed E-state index contributed by atoms with van der Waals surface area (Å²) in [6, 6.07) is 5.43. The van der Waals surface area contributed by atoms with Gasteiger partial charge in [0.1, 0.15) is 17.9 Å². The van der Waals surface area contributed by atoms with Crippen LogP contribution in [-0.4, -0.2) is 28.1 Å². The van der Waals surface area contributed by atoms with Crippen LogP contribution in [0.25, 0.3) is 0 Å². The van der Waals surface area contributed by atoms with Gasteiger partial charge in [-0.05, 0) is 18.2 Å². The average Bonchev–Trinajstić information content (AvgIpc) is 2.89. The second kappa shape index (κ2) is 5.54. The van der Waals surface area contributed by atoms with Gasteiger partial charge in [-0.2, -0.15) is 5.10 Å². The van der Waals surface area contributed by atoms with Gasteiger partial charge in [-0.15, -0.1) is 0 Å². The standard InChI is InChI=1S/C11H13N5OS/c1-17-9-3-2-7(10(12)13)4-8(9)5-18-11-14-6-15-16-11/h2-4,6H,5H2,1H3,(H3,12,13)(H,14,15,16). The van der Waals surface area contributed by atoms with E-state index in [1.54, 1.807) is 13.2 Å². The number of methoxy groups -OCH3 is 1. The van der Waals surface area contributed by atoms with Crippen LogP contribution >= 0.6 is 11.8 Å². The van der Waals surface area contributed by atoms with E-state index in [2.05, 4.69) is 15.2 Å². The van der Waals surface area contributed by atoms with Gasteiger partial charge < -0.3 is 10.5 Å². The predicted molar refractivity (Wildman–Crippen MR) is 70.0 cm³/mol. The summed E-state index contributed by atoms with van der Waals surface area (Å²) in [5, 5.41) is 14.7. The molecule has 0 radical (unpaired) electrons. The van der Waals surface area contributed by atoms with E-state index in [9.17, 15) is 0 Å². The molecule has 1 heterocycles. The molecule has 4 N–H and O–H groups in total. The number of thioether (sulfide) groups is 1. The second-order valence-electron chi connectivity index (χ2n) is 3.52. The number of nitrogen functional groups attached to an aromatic ring is 1. The van der Waals surface area contributed by atoms with Crippen molar-refractivity contribution >= 4 is 17.6 Å². The number of rotatable bonds is 5. The Kier molecular flexibility index (Phi) is 3.83. The van der Waals surface area contributed by atoms with Crippen molar-refractivity contribution < 1.29 is 4.74 Å². The van der Waals surface area contributed by atoms with Crippen LogP contribution in [0, 0.1) is 5.41 Å². The Morgan fingerprint density at radius 3 is 3.00 bits per heavy atom. The average molecular weight is 263 g/mol. The maximum atomic E-state index is 7.43. The SMILES string of the molecule is COc1ccc(C(=N)N)cc1CSc1ncn[nH]1. The lowest BCUT2D eigenvalue weighted by molar-refractivity contribution is 0.411. The summed E-state index contributed by atoms with van der Waals surface area (Å²) in [6.45, 7) is 0. The molecular formula is C11H13N5OS. The first-order chi connectivity index (χ1) is 8.70. The maximum absolute atomic E-state index is 7.43. The van der Waals surface area contributed by atoms with Gasteiger partial charge in [-0.1, -0.05) is 11.8 Å². The molecule has 1 aromatic heterocycles. The zero-order valence-electron chi connectivity index (χ0n) is 9.80. The van der Waals surface area contributed by atoms with E-state index in [4.69, 9.17) is 15.9 Å². The molecule has 94 valence electrons. The molecule has 2 aromatic rings. The minimum atomic E-state index is 0.0450. The quantitative estimate of drug-likeness (QED) is 0.430. The molecule has 0 aliphatic rings. The fraction of sp³-hybridized carbons (Fsp3) is 0.182. The Balaban J connectivity index is 2.18. The summed E-state index contributed by atoms with van der Waals surface area (Å²) in [7, 11) is 1.62. The van der Waals surface area contributed by atoms with Crippen molar-refractivity contribution in [1.29, 1.82) is 5.41 Å².